The van der Waals surface area contributed by atoms with E-state index in [1.165, 1.54) is 12.1 Å². The molecule has 0 unspecified atom stereocenters. The molecule has 0 amide bonds. The Hall–Kier alpha value is -2.03. The summed E-state index contributed by atoms with van der Waals surface area (Å²) in [6.07, 6.45) is -0.928. The Kier molecular flexibility index (Phi) is 7.34. The van der Waals surface area contributed by atoms with Crippen molar-refractivity contribution in [1.82, 2.24) is 0 Å². The molecule has 0 radical (unpaired) electrons. The van der Waals surface area contributed by atoms with Gasteiger partial charge in [0.25, 0.3) is 10.1 Å². The van der Waals surface area contributed by atoms with Crippen LogP contribution in [0.25, 0.3) is 0 Å². The molecule has 0 bridgehead atoms. The molecule has 2 aromatic rings. The zero-order chi connectivity index (χ0) is 22.6. The second-order valence-electron chi connectivity index (χ2n) is 8.19. The molecule has 0 spiro atoms. The maximum Gasteiger partial charge on any atom is 0.297 e. The quantitative estimate of drug-likeness (QED) is 0.457. The van der Waals surface area contributed by atoms with E-state index in [9.17, 15) is 13.5 Å². The first kappa shape index (κ1) is 23.6. The molecular weight excluding hydrogens is 416 g/mol. The molecule has 0 aromatic heterocycles. The molecular formula is C24H30O6S. The highest BCUT2D eigenvalue weighted by molar-refractivity contribution is 7.86. The highest BCUT2D eigenvalue weighted by Crippen LogP contribution is 2.39. The number of allylic oxidation sites excluding steroid dienone is 1. The van der Waals surface area contributed by atoms with E-state index in [0.29, 0.717) is 18.4 Å². The summed E-state index contributed by atoms with van der Waals surface area (Å²) in [6, 6.07) is 15.5. The van der Waals surface area contributed by atoms with Crippen LogP contribution in [0.1, 0.15) is 43.9 Å². The minimum absolute atomic E-state index is 0.0695. The van der Waals surface area contributed by atoms with Gasteiger partial charge >= 0.3 is 0 Å². The number of benzene rings is 2. The van der Waals surface area contributed by atoms with E-state index in [1.807, 2.05) is 25.1 Å². The third-order valence-corrected chi connectivity index (χ3v) is 6.55. The number of hydrogen-bond acceptors (Lipinski definition) is 6. The van der Waals surface area contributed by atoms with Gasteiger partial charge in [0.1, 0.15) is 24.4 Å². The fourth-order valence-corrected chi connectivity index (χ4v) is 4.77. The minimum Gasteiger partial charge on any atom is -0.386 e. The van der Waals surface area contributed by atoms with Crippen LogP contribution in [0.15, 0.2) is 72.1 Å². The Balaban J connectivity index is 1.91. The highest BCUT2D eigenvalue weighted by atomic mass is 32.2. The minimum atomic E-state index is -4.05. The number of aryl methyl sites for hydroxylation is 1. The van der Waals surface area contributed by atoms with Gasteiger partial charge in [0.2, 0.25) is 0 Å². The SMILES string of the molecule is C=CCC[C@H](OS(=O)(=O)c1ccc(C)cc1)[C@H]1OC(C)(C)O[C@@H]1[C@@H](O)c1ccccc1. The van der Waals surface area contributed by atoms with Crippen molar-refractivity contribution in [2.24, 2.45) is 0 Å². The van der Waals surface area contributed by atoms with Crippen molar-refractivity contribution in [3.8, 4) is 0 Å². The van der Waals surface area contributed by atoms with Crippen LogP contribution >= 0.6 is 0 Å². The Morgan fingerprint density at radius 1 is 1.10 bits per heavy atom. The summed E-state index contributed by atoms with van der Waals surface area (Å²) in [4.78, 5) is 0.0695. The van der Waals surface area contributed by atoms with Crippen LogP contribution in [0, 0.1) is 6.92 Å². The average Bonchev–Trinajstić information content (AvgIpc) is 3.07. The van der Waals surface area contributed by atoms with Crippen LogP contribution in [0.4, 0.5) is 0 Å². The summed E-state index contributed by atoms with van der Waals surface area (Å²) in [6.45, 7) is 9.07. The molecule has 0 aliphatic carbocycles. The van der Waals surface area contributed by atoms with E-state index in [2.05, 4.69) is 6.58 Å². The zero-order valence-electron chi connectivity index (χ0n) is 18.1. The lowest BCUT2D eigenvalue weighted by atomic mass is 9.95. The molecule has 6 nitrogen and oxygen atoms in total. The first-order chi connectivity index (χ1) is 14.6. The topological polar surface area (TPSA) is 82.1 Å². The smallest absolute Gasteiger partial charge is 0.297 e. The van der Waals surface area contributed by atoms with Crippen LogP contribution in [0.3, 0.4) is 0 Å². The lowest BCUT2D eigenvalue weighted by molar-refractivity contribution is -0.160. The van der Waals surface area contributed by atoms with Crippen LogP contribution in [-0.2, 0) is 23.8 Å². The monoisotopic (exact) mass is 446 g/mol. The lowest BCUT2D eigenvalue weighted by Gasteiger charge is -2.28. The van der Waals surface area contributed by atoms with Gasteiger partial charge in [-0.15, -0.1) is 6.58 Å². The second kappa shape index (κ2) is 9.63. The van der Waals surface area contributed by atoms with Crippen LogP contribution in [-0.4, -0.2) is 37.6 Å². The van der Waals surface area contributed by atoms with Crippen LogP contribution in [0.2, 0.25) is 0 Å². The number of hydrogen-bond donors (Lipinski definition) is 1. The van der Waals surface area contributed by atoms with Gasteiger partial charge < -0.3 is 14.6 Å². The second-order valence-corrected chi connectivity index (χ2v) is 9.76. The molecule has 7 heteroatoms. The van der Waals surface area contributed by atoms with Gasteiger partial charge in [-0.05, 0) is 51.3 Å². The van der Waals surface area contributed by atoms with Gasteiger partial charge in [0.15, 0.2) is 5.79 Å². The molecule has 0 saturated carbocycles. The summed E-state index contributed by atoms with van der Waals surface area (Å²) >= 11 is 0. The molecule has 31 heavy (non-hydrogen) atoms. The van der Waals surface area contributed by atoms with E-state index in [0.717, 1.165) is 5.56 Å². The van der Waals surface area contributed by atoms with E-state index >= 15 is 0 Å². The summed E-state index contributed by atoms with van der Waals surface area (Å²) in [5.41, 5.74) is 1.60. The van der Waals surface area contributed by atoms with Crippen LogP contribution < -0.4 is 0 Å². The molecule has 1 N–H and O–H groups in total. The molecule has 1 heterocycles. The normalized spacial score (nSPS) is 22.7. The first-order valence-corrected chi connectivity index (χ1v) is 11.7. The number of aliphatic hydroxyl groups excluding tert-OH is 1. The molecule has 3 rings (SSSR count). The van der Waals surface area contributed by atoms with Gasteiger partial charge in [0, 0.05) is 0 Å². The third-order valence-electron chi connectivity index (χ3n) is 5.20. The summed E-state index contributed by atoms with van der Waals surface area (Å²) in [5, 5.41) is 11.0. The predicted octanol–water partition coefficient (Wildman–Crippen LogP) is 4.29. The summed E-state index contributed by atoms with van der Waals surface area (Å²) in [7, 11) is -4.05. The van der Waals surface area contributed by atoms with Crippen molar-refractivity contribution in [3.05, 3.63) is 78.4 Å². The Morgan fingerprint density at radius 3 is 2.32 bits per heavy atom. The van der Waals surface area contributed by atoms with E-state index in [-0.39, 0.29) is 4.90 Å². The maximum absolute atomic E-state index is 13.0. The molecule has 2 aromatic carbocycles. The molecule has 1 fully saturated rings. The van der Waals surface area contributed by atoms with Gasteiger partial charge in [0.05, 0.1) is 4.90 Å². The number of ether oxygens (including phenoxy) is 2. The largest absolute Gasteiger partial charge is 0.386 e. The molecule has 4 atom stereocenters. The van der Waals surface area contributed by atoms with Gasteiger partial charge in [-0.3, -0.25) is 4.18 Å². The maximum atomic E-state index is 13.0. The first-order valence-electron chi connectivity index (χ1n) is 10.3. The van der Waals surface area contributed by atoms with Crippen molar-refractivity contribution < 1.29 is 27.2 Å². The Bertz CT molecular complexity index is 969. The third kappa shape index (κ3) is 5.81. The molecule has 168 valence electrons. The molecule has 1 aliphatic rings. The predicted molar refractivity (Wildman–Crippen MR) is 118 cm³/mol. The Morgan fingerprint density at radius 2 is 1.71 bits per heavy atom. The van der Waals surface area contributed by atoms with Gasteiger partial charge in [-0.1, -0.05) is 54.1 Å². The van der Waals surface area contributed by atoms with Crippen molar-refractivity contribution in [2.45, 2.75) is 68.7 Å². The standard InChI is InChI=1S/C24H30O6S/c1-5-6-12-20(30-31(26,27)19-15-13-17(2)14-16-19)22-23(29-24(3,4)28-22)21(25)18-10-8-7-9-11-18/h5,7-11,13-16,20-23,25H,1,6,12H2,2-4H3/t20-,21-,22+,23+/m0/s1. The van der Waals surface area contributed by atoms with Crippen molar-refractivity contribution >= 4 is 10.1 Å². The lowest BCUT2D eigenvalue weighted by Crippen LogP contribution is -2.41. The Labute approximate surface area is 184 Å². The highest BCUT2D eigenvalue weighted by Gasteiger charge is 2.49. The molecule has 1 saturated heterocycles. The van der Waals surface area contributed by atoms with E-state index < -0.39 is 40.3 Å². The fraction of sp³-hybridized carbons (Fsp3) is 0.417. The van der Waals surface area contributed by atoms with Crippen molar-refractivity contribution in [1.29, 1.82) is 0 Å². The van der Waals surface area contributed by atoms with Crippen molar-refractivity contribution in [3.63, 3.8) is 0 Å². The fourth-order valence-electron chi connectivity index (χ4n) is 3.66. The summed E-state index contributed by atoms with van der Waals surface area (Å²) in [5.74, 6) is -1.01. The van der Waals surface area contributed by atoms with E-state index in [1.54, 1.807) is 44.2 Å². The van der Waals surface area contributed by atoms with Crippen LogP contribution in [0.5, 0.6) is 0 Å². The average molecular weight is 447 g/mol. The van der Waals surface area contributed by atoms with Gasteiger partial charge in [-0.2, -0.15) is 8.42 Å². The zero-order valence-corrected chi connectivity index (χ0v) is 18.9. The summed E-state index contributed by atoms with van der Waals surface area (Å²) < 4.78 is 43.7. The number of rotatable bonds is 9. The van der Waals surface area contributed by atoms with Crippen molar-refractivity contribution in [2.75, 3.05) is 0 Å². The van der Waals surface area contributed by atoms with Gasteiger partial charge in [-0.25, -0.2) is 0 Å². The molecule has 1 aliphatic heterocycles. The van der Waals surface area contributed by atoms with E-state index in [4.69, 9.17) is 13.7 Å². The number of aliphatic hydroxyl groups is 1.